The predicted octanol–water partition coefficient (Wildman–Crippen LogP) is 2.11. The van der Waals surface area contributed by atoms with Crippen molar-refractivity contribution in [2.24, 2.45) is 16.6 Å². The third-order valence-corrected chi connectivity index (χ3v) is 8.67. The molecule has 2 fully saturated rings. The predicted molar refractivity (Wildman–Crippen MR) is 157 cm³/mol. The van der Waals surface area contributed by atoms with Gasteiger partial charge in [-0.05, 0) is 60.7 Å². The van der Waals surface area contributed by atoms with E-state index in [1.165, 1.54) is 6.34 Å². The molecular weight excluding hydrogens is 576 g/mol. The van der Waals surface area contributed by atoms with Crippen LogP contribution in [0.2, 0.25) is 0 Å². The summed E-state index contributed by atoms with van der Waals surface area (Å²) in [6.45, 7) is 8.69. The minimum Gasteiger partial charge on any atom is -0.381 e. The number of aryl methyl sites for hydroxylation is 1. The van der Waals surface area contributed by atoms with Crippen molar-refractivity contribution < 1.29 is 14.3 Å². The van der Waals surface area contributed by atoms with Gasteiger partial charge in [-0.1, -0.05) is 22.0 Å². The molecule has 2 amide bonds. The van der Waals surface area contributed by atoms with Crippen LogP contribution in [-0.4, -0.2) is 85.0 Å². The summed E-state index contributed by atoms with van der Waals surface area (Å²) in [5.74, 6) is -0.258. The number of hydrogen-bond donors (Lipinski definition) is 4. The molecule has 0 bridgehead atoms. The van der Waals surface area contributed by atoms with E-state index >= 15 is 0 Å². The number of imidazole rings is 1. The molecule has 6 rings (SSSR count). The van der Waals surface area contributed by atoms with Crippen LogP contribution < -0.4 is 21.3 Å². The SMILES string of the molecule is Cc1ccc(Br)cc1C1(C(N)=O)NC=NC1C(=O)Nc1nc2ccc(N3CCN(CC4CCOC4)CC3)cc2[nH]1. The Labute approximate surface area is 240 Å². The molecule has 3 unspecified atom stereocenters. The first-order chi connectivity index (χ1) is 19.3. The van der Waals surface area contributed by atoms with E-state index in [9.17, 15) is 9.59 Å². The third-order valence-electron chi connectivity index (χ3n) is 8.17. The maximum atomic E-state index is 13.5. The number of rotatable bonds is 7. The maximum absolute atomic E-state index is 13.5. The second-order valence-electron chi connectivity index (χ2n) is 10.7. The normalized spacial score (nSPS) is 24.9. The van der Waals surface area contributed by atoms with E-state index in [1.807, 2.05) is 25.1 Å². The lowest BCUT2D eigenvalue weighted by atomic mass is 9.80. The molecule has 40 heavy (non-hydrogen) atoms. The zero-order valence-electron chi connectivity index (χ0n) is 22.3. The number of ether oxygens (including phenoxy) is 1. The Morgan fingerprint density at radius 3 is 2.77 bits per heavy atom. The molecule has 11 nitrogen and oxygen atoms in total. The topological polar surface area (TPSA) is 141 Å². The number of fused-ring (bicyclic) bond motifs is 1. The molecule has 3 aromatic rings. The Balaban J connectivity index is 1.16. The number of H-pyrrole nitrogens is 1. The van der Waals surface area contributed by atoms with E-state index in [0.29, 0.717) is 11.5 Å². The molecule has 210 valence electrons. The number of piperazine rings is 1. The van der Waals surface area contributed by atoms with E-state index in [-0.39, 0.29) is 5.95 Å². The van der Waals surface area contributed by atoms with Crippen LogP contribution in [0.4, 0.5) is 11.6 Å². The van der Waals surface area contributed by atoms with E-state index in [0.717, 1.165) is 79.1 Å². The second kappa shape index (κ2) is 10.8. The molecular formula is C28H33BrN8O3. The molecule has 2 aromatic carbocycles. The minimum atomic E-state index is -1.52. The quantitative estimate of drug-likeness (QED) is 0.322. The van der Waals surface area contributed by atoms with Crippen molar-refractivity contribution in [2.75, 3.05) is 56.2 Å². The van der Waals surface area contributed by atoms with Crippen molar-refractivity contribution in [1.29, 1.82) is 0 Å². The third kappa shape index (κ3) is 4.95. The summed E-state index contributed by atoms with van der Waals surface area (Å²) in [7, 11) is 0. The van der Waals surface area contributed by atoms with Gasteiger partial charge in [0.05, 0.1) is 24.0 Å². The number of primary amides is 1. The highest BCUT2D eigenvalue weighted by atomic mass is 79.9. The number of benzene rings is 2. The van der Waals surface area contributed by atoms with Crippen LogP contribution >= 0.6 is 15.9 Å². The molecule has 3 aliphatic rings. The molecule has 0 saturated carbocycles. The van der Waals surface area contributed by atoms with Crippen molar-refractivity contribution in [3.05, 3.63) is 52.0 Å². The lowest BCUT2D eigenvalue weighted by molar-refractivity contribution is -0.129. The van der Waals surface area contributed by atoms with Crippen LogP contribution in [0.25, 0.3) is 11.0 Å². The molecule has 5 N–H and O–H groups in total. The van der Waals surface area contributed by atoms with Crippen LogP contribution in [0, 0.1) is 12.8 Å². The van der Waals surface area contributed by atoms with Gasteiger partial charge in [0.15, 0.2) is 11.6 Å². The Morgan fingerprint density at radius 2 is 2.02 bits per heavy atom. The molecule has 0 radical (unpaired) electrons. The van der Waals surface area contributed by atoms with Crippen LogP contribution in [0.3, 0.4) is 0 Å². The lowest BCUT2D eigenvalue weighted by Gasteiger charge is -2.37. The van der Waals surface area contributed by atoms with Crippen molar-refractivity contribution in [3.63, 3.8) is 0 Å². The fourth-order valence-corrected chi connectivity index (χ4v) is 6.33. The summed E-state index contributed by atoms with van der Waals surface area (Å²) in [5, 5.41) is 5.79. The van der Waals surface area contributed by atoms with Crippen LogP contribution in [0.1, 0.15) is 17.5 Å². The number of halogens is 1. The van der Waals surface area contributed by atoms with E-state index in [4.69, 9.17) is 10.5 Å². The number of nitrogens with two attached hydrogens (primary N) is 1. The highest BCUT2D eigenvalue weighted by Crippen LogP contribution is 2.35. The Hall–Kier alpha value is -3.48. The number of hydrogen-bond acceptors (Lipinski definition) is 8. The monoisotopic (exact) mass is 608 g/mol. The molecule has 12 heteroatoms. The summed E-state index contributed by atoms with van der Waals surface area (Å²) in [4.78, 5) is 43.3. The first kappa shape index (κ1) is 26.7. The van der Waals surface area contributed by atoms with Gasteiger partial charge in [-0.2, -0.15) is 0 Å². The zero-order chi connectivity index (χ0) is 27.9. The number of anilines is 2. The summed E-state index contributed by atoms with van der Waals surface area (Å²) < 4.78 is 6.29. The average molecular weight is 610 g/mol. The zero-order valence-corrected chi connectivity index (χ0v) is 23.9. The fraction of sp³-hybridized carbons (Fsp3) is 0.429. The van der Waals surface area contributed by atoms with Gasteiger partial charge in [-0.3, -0.25) is 24.8 Å². The first-order valence-electron chi connectivity index (χ1n) is 13.5. The first-order valence-corrected chi connectivity index (χ1v) is 14.3. The number of nitrogens with zero attached hydrogens (tertiary/aromatic N) is 4. The number of aromatic nitrogens is 2. The van der Waals surface area contributed by atoms with E-state index in [2.05, 4.69) is 63.5 Å². The molecule has 0 aliphatic carbocycles. The minimum absolute atomic E-state index is 0.284. The second-order valence-corrected chi connectivity index (χ2v) is 11.7. The van der Waals surface area contributed by atoms with Gasteiger partial charge < -0.3 is 25.7 Å². The molecule has 3 atom stereocenters. The van der Waals surface area contributed by atoms with Gasteiger partial charge in [0.25, 0.3) is 11.8 Å². The van der Waals surface area contributed by atoms with Gasteiger partial charge in [-0.25, -0.2) is 4.98 Å². The molecule has 3 aliphatic heterocycles. The Morgan fingerprint density at radius 1 is 1.20 bits per heavy atom. The Kier molecular flexibility index (Phi) is 7.24. The number of carbonyl (C=O) groups excluding carboxylic acids is 2. The average Bonchev–Trinajstić information content (AvgIpc) is 3.70. The van der Waals surface area contributed by atoms with Gasteiger partial charge in [-0.15, -0.1) is 0 Å². The van der Waals surface area contributed by atoms with Crippen molar-refractivity contribution in [3.8, 4) is 0 Å². The van der Waals surface area contributed by atoms with Crippen molar-refractivity contribution in [1.82, 2.24) is 20.2 Å². The highest BCUT2D eigenvalue weighted by Gasteiger charge is 2.53. The van der Waals surface area contributed by atoms with Gasteiger partial charge in [0, 0.05) is 49.5 Å². The number of amides is 2. The number of aliphatic imine (C=N–C) groups is 1. The van der Waals surface area contributed by atoms with Gasteiger partial charge >= 0.3 is 0 Å². The summed E-state index contributed by atoms with van der Waals surface area (Å²) in [6.07, 6.45) is 2.52. The van der Waals surface area contributed by atoms with Crippen molar-refractivity contribution >= 4 is 56.8 Å². The summed E-state index contributed by atoms with van der Waals surface area (Å²) in [5.41, 5.74) is 8.41. The van der Waals surface area contributed by atoms with Crippen molar-refractivity contribution in [2.45, 2.75) is 24.9 Å². The largest absolute Gasteiger partial charge is 0.381 e. The lowest BCUT2D eigenvalue weighted by Crippen LogP contribution is -2.59. The van der Waals surface area contributed by atoms with Crippen LogP contribution in [-0.2, 0) is 19.9 Å². The van der Waals surface area contributed by atoms with E-state index < -0.39 is 23.4 Å². The molecule has 0 spiro atoms. The van der Waals surface area contributed by atoms with E-state index in [1.54, 1.807) is 6.07 Å². The number of aromatic amines is 1. The molecule has 1 aromatic heterocycles. The molecule has 2 saturated heterocycles. The van der Waals surface area contributed by atoms with Gasteiger partial charge in [0.1, 0.15) is 0 Å². The molecule has 4 heterocycles. The van der Waals surface area contributed by atoms with Gasteiger partial charge in [0.2, 0.25) is 5.95 Å². The summed E-state index contributed by atoms with van der Waals surface area (Å²) in [6, 6.07) is 10.5. The Bertz CT molecular complexity index is 1460. The standard InChI is InChI=1S/C28H33BrN8O3/c1-17-2-3-19(29)12-21(17)28(26(30)39)24(31-16-32-28)25(38)35-27-33-22-5-4-20(13-23(22)34-27)37-9-7-36(8-10-37)14-18-6-11-40-15-18/h2-5,12-13,16,18,24H,6-11,14-15H2,1H3,(H2,30,39)(H,31,32)(H2,33,34,35,38). The number of nitrogens with one attached hydrogen (secondary N) is 3. The number of carbonyl (C=O) groups is 2. The summed E-state index contributed by atoms with van der Waals surface area (Å²) >= 11 is 3.46. The fourth-order valence-electron chi connectivity index (χ4n) is 5.97. The highest BCUT2D eigenvalue weighted by molar-refractivity contribution is 9.10. The van der Waals surface area contributed by atoms with Crippen LogP contribution in [0.5, 0.6) is 0 Å². The smallest absolute Gasteiger partial charge is 0.254 e. The van der Waals surface area contributed by atoms with Crippen LogP contribution in [0.15, 0.2) is 45.9 Å². The maximum Gasteiger partial charge on any atom is 0.254 e.